The number of rotatable bonds is 5. The van der Waals surface area contributed by atoms with E-state index in [0.29, 0.717) is 38.1 Å². The van der Waals surface area contributed by atoms with Crippen molar-refractivity contribution >= 4 is 11.7 Å². The average molecular weight is 291 g/mol. The fraction of sp³-hybridized carbons (Fsp3) is 0.529. The molecule has 0 unspecified atom stereocenters. The number of nitrogens with zero attached hydrogens (tertiary/aromatic N) is 1. The molecule has 1 aromatic rings. The van der Waals surface area contributed by atoms with E-state index in [1.165, 1.54) is 12.1 Å². The van der Waals surface area contributed by atoms with E-state index in [2.05, 4.69) is 0 Å². The lowest BCUT2D eigenvalue weighted by molar-refractivity contribution is -0.135. The molecule has 3 nitrogen and oxygen atoms in total. The number of benzene rings is 1. The number of likely N-dealkylation sites (tertiary alicyclic amines) is 1. The Morgan fingerprint density at radius 2 is 1.81 bits per heavy atom. The fourth-order valence-electron chi connectivity index (χ4n) is 2.80. The Hall–Kier alpha value is -1.71. The minimum atomic E-state index is -0.257. The molecule has 2 rings (SSSR count). The second-order valence-corrected chi connectivity index (χ2v) is 5.60. The molecule has 0 radical (unpaired) electrons. The van der Waals surface area contributed by atoms with Gasteiger partial charge in [0.05, 0.1) is 0 Å². The number of Topliss-reactive ketones (excluding diaryl/α,β-unsaturated/α-hetero) is 1. The van der Waals surface area contributed by atoms with Crippen LogP contribution in [0.4, 0.5) is 4.39 Å². The summed E-state index contributed by atoms with van der Waals surface area (Å²) in [6.07, 6.45) is 3.23. The molecule has 1 saturated heterocycles. The molecule has 0 bridgehead atoms. The van der Waals surface area contributed by atoms with Crippen molar-refractivity contribution in [2.45, 2.75) is 39.0 Å². The summed E-state index contributed by atoms with van der Waals surface area (Å²) in [6, 6.07) is 6.27. The molecule has 0 atom stereocenters. The standard InChI is InChI=1S/C17H22FNO2/c1-2-16(20)14-9-11-19(12-10-14)17(21)8-5-13-3-6-15(18)7-4-13/h3-4,6-7,14H,2,5,8-12H2,1H3. The Morgan fingerprint density at radius 1 is 1.19 bits per heavy atom. The SMILES string of the molecule is CCC(=O)C1CCN(C(=O)CCc2ccc(F)cc2)CC1. The van der Waals surface area contributed by atoms with Crippen molar-refractivity contribution in [3.8, 4) is 0 Å². The maximum Gasteiger partial charge on any atom is 0.222 e. The number of amides is 1. The van der Waals surface area contributed by atoms with Gasteiger partial charge in [-0.1, -0.05) is 19.1 Å². The van der Waals surface area contributed by atoms with Gasteiger partial charge in [-0.3, -0.25) is 9.59 Å². The zero-order valence-corrected chi connectivity index (χ0v) is 12.5. The van der Waals surface area contributed by atoms with Crippen molar-refractivity contribution in [3.63, 3.8) is 0 Å². The van der Waals surface area contributed by atoms with E-state index in [1.807, 2.05) is 11.8 Å². The molecule has 0 N–H and O–H groups in total. The first kappa shape index (κ1) is 15.7. The molecule has 1 heterocycles. The third kappa shape index (κ3) is 4.38. The molecular formula is C17H22FNO2. The van der Waals surface area contributed by atoms with Gasteiger partial charge in [-0.25, -0.2) is 4.39 Å². The largest absolute Gasteiger partial charge is 0.343 e. The molecule has 0 aliphatic carbocycles. The molecule has 1 fully saturated rings. The summed E-state index contributed by atoms with van der Waals surface area (Å²) in [5.41, 5.74) is 0.973. The van der Waals surface area contributed by atoms with Gasteiger partial charge in [0.1, 0.15) is 11.6 Å². The number of hydrogen-bond acceptors (Lipinski definition) is 2. The highest BCUT2D eigenvalue weighted by atomic mass is 19.1. The van der Waals surface area contributed by atoms with Crippen molar-refractivity contribution in [3.05, 3.63) is 35.6 Å². The highest BCUT2D eigenvalue weighted by Gasteiger charge is 2.25. The van der Waals surface area contributed by atoms with Crippen LogP contribution in [0.3, 0.4) is 0 Å². The van der Waals surface area contributed by atoms with E-state index < -0.39 is 0 Å². The Kier molecular flexibility index (Phi) is 5.48. The lowest BCUT2D eigenvalue weighted by Gasteiger charge is -2.31. The summed E-state index contributed by atoms with van der Waals surface area (Å²) in [6.45, 7) is 3.25. The summed E-state index contributed by atoms with van der Waals surface area (Å²) in [5.74, 6) is 0.319. The Bertz CT molecular complexity index is 490. The fourth-order valence-corrected chi connectivity index (χ4v) is 2.80. The maximum absolute atomic E-state index is 12.8. The van der Waals surface area contributed by atoms with E-state index in [9.17, 15) is 14.0 Å². The van der Waals surface area contributed by atoms with Gasteiger partial charge < -0.3 is 4.90 Å². The second-order valence-electron chi connectivity index (χ2n) is 5.60. The van der Waals surface area contributed by atoms with Crippen molar-refractivity contribution < 1.29 is 14.0 Å². The summed E-state index contributed by atoms with van der Waals surface area (Å²) >= 11 is 0. The number of piperidine rings is 1. The smallest absolute Gasteiger partial charge is 0.222 e. The predicted molar refractivity (Wildman–Crippen MR) is 79.3 cm³/mol. The molecule has 0 saturated carbocycles. The third-order valence-electron chi connectivity index (χ3n) is 4.19. The number of halogens is 1. The molecule has 4 heteroatoms. The molecule has 0 spiro atoms. The van der Waals surface area contributed by atoms with Crippen LogP contribution in [0.25, 0.3) is 0 Å². The second kappa shape index (κ2) is 7.34. The highest BCUT2D eigenvalue weighted by Crippen LogP contribution is 2.20. The van der Waals surface area contributed by atoms with Gasteiger partial charge in [-0.05, 0) is 37.0 Å². The van der Waals surface area contributed by atoms with Gasteiger partial charge in [-0.15, -0.1) is 0 Å². The molecular weight excluding hydrogens is 269 g/mol. The number of ketones is 1. The molecule has 0 aromatic heterocycles. The highest BCUT2D eigenvalue weighted by molar-refractivity contribution is 5.81. The maximum atomic E-state index is 12.8. The van der Waals surface area contributed by atoms with Gasteiger partial charge in [-0.2, -0.15) is 0 Å². The van der Waals surface area contributed by atoms with Crippen LogP contribution in [0.15, 0.2) is 24.3 Å². The molecule has 1 aliphatic rings. The van der Waals surface area contributed by atoms with E-state index >= 15 is 0 Å². The molecule has 1 amide bonds. The first-order valence-electron chi connectivity index (χ1n) is 7.65. The summed E-state index contributed by atoms with van der Waals surface area (Å²) in [7, 11) is 0. The average Bonchev–Trinajstić information content (AvgIpc) is 2.53. The third-order valence-corrected chi connectivity index (χ3v) is 4.19. The van der Waals surface area contributed by atoms with Crippen LogP contribution in [-0.2, 0) is 16.0 Å². The van der Waals surface area contributed by atoms with Gasteiger partial charge in [0, 0.05) is 31.8 Å². The van der Waals surface area contributed by atoms with E-state index in [-0.39, 0.29) is 17.6 Å². The number of hydrogen-bond donors (Lipinski definition) is 0. The number of aryl methyl sites for hydroxylation is 1. The molecule has 114 valence electrons. The normalized spacial score (nSPS) is 16.0. The number of carbonyl (C=O) groups is 2. The number of carbonyl (C=O) groups excluding carboxylic acids is 2. The summed E-state index contributed by atoms with van der Waals surface area (Å²) in [5, 5.41) is 0. The molecule has 1 aromatic carbocycles. The lowest BCUT2D eigenvalue weighted by atomic mass is 9.91. The zero-order chi connectivity index (χ0) is 15.2. The van der Waals surface area contributed by atoms with Gasteiger partial charge in [0.25, 0.3) is 0 Å². The molecule has 21 heavy (non-hydrogen) atoms. The topological polar surface area (TPSA) is 37.4 Å². The Morgan fingerprint density at radius 3 is 2.38 bits per heavy atom. The van der Waals surface area contributed by atoms with Crippen LogP contribution < -0.4 is 0 Å². The van der Waals surface area contributed by atoms with E-state index in [1.54, 1.807) is 12.1 Å². The Labute approximate surface area is 125 Å². The van der Waals surface area contributed by atoms with Crippen molar-refractivity contribution in [1.82, 2.24) is 4.90 Å². The zero-order valence-electron chi connectivity index (χ0n) is 12.5. The van der Waals surface area contributed by atoms with Crippen LogP contribution >= 0.6 is 0 Å². The minimum absolute atomic E-state index is 0.127. The first-order chi connectivity index (χ1) is 10.1. The monoisotopic (exact) mass is 291 g/mol. The van der Waals surface area contributed by atoms with Gasteiger partial charge in [0.2, 0.25) is 5.91 Å². The Balaban J connectivity index is 1.77. The van der Waals surface area contributed by atoms with E-state index in [0.717, 1.165) is 18.4 Å². The van der Waals surface area contributed by atoms with Crippen LogP contribution in [0.5, 0.6) is 0 Å². The quantitative estimate of drug-likeness (QED) is 0.836. The molecule has 1 aliphatic heterocycles. The van der Waals surface area contributed by atoms with Crippen molar-refractivity contribution in [2.24, 2.45) is 5.92 Å². The predicted octanol–water partition coefficient (Wildman–Crippen LogP) is 2.98. The van der Waals surface area contributed by atoms with Crippen LogP contribution in [-0.4, -0.2) is 29.7 Å². The van der Waals surface area contributed by atoms with Crippen LogP contribution in [0, 0.1) is 11.7 Å². The first-order valence-corrected chi connectivity index (χ1v) is 7.65. The van der Waals surface area contributed by atoms with E-state index in [4.69, 9.17) is 0 Å². The summed E-state index contributed by atoms with van der Waals surface area (Å²) in [4.78, 5) is 25.6. The van der Waals surface area contributed by atoms with Crippen molar-refractivity contribution in [2.75, 3.05) is 13.1 Å². The summed E-state index contributed by atoms with van der Waals surface area (Å²) < 4.78 is 12.8. The van der Waals surface area contributed by atoms with Gasteiger partial charge >= 0.3 is 0 Å². The van der Waals surface area contributed by atoms with Crippen LogP contribution in [0.2, 0.25) is 0 Å². The van der Waals surface area contributed by atoms with Gasteiger partial charge in [0.15, 0.2) is 0 Å². The minimum Gasteiger partial charge on any atom is -0.343 e. The van der Waals surface area contributed by atoms with Crippen molar-refractivity contribution in [1.29, 1.82) is 0 Å². The lowest BCUT2D eigenvalue weighted by Crippen LogP contribution is -2.40. The van der Waals surface area contributed by atoms with Crippen LogP contribution in [0.1, 0.15) is 38.2 Å².